The number of guanidine groups is 1. The Kier molecular flexibility index (Phi) is 9.58. The van der Waals surface area contributed by atoms with Gasteiger partial charge >= 0.3 is 0 Å². The summed E-state index contributed by atoms with van der Waals surface area (Å²) in [4.78, 5) is 9.42. The molecule has 0 aliphatic carbocycles. The van der Waals surface area contributed by atoms with Crippen LogP contribution in [0.5, 0.6) is 0 Å². The second-order valence-electron chi connectivity index (χ2n) is 7.43. The van der Waals surface area contributed by atoms with Crippen LogP contribution >= 0.6 is 0 Å². The molecule has 6 heteroatoms. The van der Waals surface area contributed by atoms with Crippen molar-refractivity contribution in [3.05, 3.63) is 0 Å². The Labute approximate surface area is 153 Å². The topological polar surface area (TPSA) is 49.3 Å². The van der Waals surface area contributed by atoms with Crippen LogP contribution in [0.15, 0.2) is 4.99 Å². The second kappa shape index (κ2) is 11.7. The van der Waals surface area contributed by atoms with Crippen LogP contribution in [0.4, 0.5) is 0 Å². The summed E-state index contributed by atoms with van der Waals surface area (Å²) in [6, 6.07) is 0. The van der Waals surface area contributed by atoms with Crippen molar-refractivity contribution in [1.82, 2.24) is 15.1 Å². The highest BCUT2D eigenvalue weighted by molar-refractivity contribution is 5.79. The molecular formula is C19H38N4O2. The molecule has 25 heavy (non-hydrogen) atoms. The Morgan fingerprint density at radius 2 is 1.96 bits per heavy atom. The third kappa shape index (κ3) is 7.50. The van der Waals surface area contributed by atoms with Gasteiger partial charge in [0, 0.05) is 60.1 Å². The first kappa shape index (κ1) is 20.5. The minimum absolute atomic E-state index is 0.390. The first-order valence-electron chi connectivity index (χ1n) is 10.0. The van der Waals surface area contributed by atoms with Crippen molar-refractivity contribution < 1.29 is 9.47 Å². The Balaban J connectivity index is 1.61. The molecule has 0 radical (unpaired) electrons. The third-order valence-corrected chi connectivity index (χ3v) is 5.25. The zero-order valence-electron chi connectivity index (χ0n) is 16.5. The van der Waals surface area contributed by atoms with E-state index in [-0.39, 0.29) is 0 Å². The second-order valence-corrected chi connectivity index (χ2v) is 7.43. The fourth-order valence-corrected chi connectivity index (χ4v) is 3.84. The maximum Gasteiger partial charge on any atom is 0.193 e. The Morgan fingerprint density at radius 3 is 2.64 bits per heavy atom. The molecule has 0 aromatic heterocycles. The largest absolute Gasteiger partial charge is 0.385 e. The molecule has 0 spiro atoms. The van der Waals surface area contributed by atoms with E-state index in [4.69, 9.17) is 9.47 Å². The maximum absolute atomic E-state index is 5.94. The van der Waals surface area contributed by atoms with Gasteiger partial charge in [-0.3, -0.25) is 4.99 Å². The van der Waals surface area contributed by atoms with Crippen molar-refractivity contribution in [2.75, 3.05) is 66.6 Å². The first-order valence-corrected chi connectivity index (χ1v) is 10.0. The minimum Gasteiger partial charge on any atom is -0.385 e. The number of piperidine rings is 2. The minimum atomic E-state index is 0.390. The number of likely N-dealkylation sites (tertiary alicyclic amines) is 2. The SMILES string of the molecule is CN=C(NCCN1CCCC(C)C1)N1CCC(OCCCOC)CC1. The van der Waals surface area contributed by atoms with Crippen LogP contribution in [0.25, 0.3) is 0 Å². The van der Waals surface area contributed by atoms with Crippen molar-refractivity contribution in [1.29, 1.82) is 0 Å². The molecule has 6 nitrogen and oxygen atoms in total. The van der Waals surface area contributed by atoms with Crippen LogP contribution in [0.2, 0.25) is 0 Å². The number of ether oxygens (including phenoxy) is 2. The summed E-state index contributed by atoms with van der Waals surface area (Å²) < 4.78 is 11.0. The van der Waals surface area contributed by atoms with Gasteiger partial charge in [0.25, 0.3) is 0 Å². The summed E-state index contributed by atoms with van der Waals surface area (Å²) >= 11 is 0. The smallest absolute Gasteiger partial charge is 0.193 e. The van der Waals surface area contributed by atoms with Crippen LogP contribution in [0.3, 0.4) is 0 Å². The summed E-state index contributed by atoms with van der Waals surface area (Å²) in [6.07, 6.45) is 6.26. The van der Waals surface area contributed by atoms with E-state index in [9.17, 15) is 0 Å². The van der Waals surface area contributed by atoms with E-state index >= 15 is 0 Å². The van der Waals surface area contributed by atoms with Gasteiger partial charge in [0.15, 0.2) is 5.96 Å². The number of nitrogens with one attached hydrogen (secondary N) is 1. The maximum atomic E-state index is 5.94. The van der Waals surface area contributed by atoms with Gasteiger partial charge in [-0.15, -0.1) is 0 Å². The molecule has 2 heterocycles. The average molecular weight is 355 g/mol. The monoisotopic (exact) mass is 354 g/mol. The lowest BCUT2D eigenvalue weighted by Gasteiger charge is -2.35. The van der Waals surface area contributed by atoms with E-state index in [0.717, 1.165) is 70.5 Å². The molecular weight excluding hydrogens is 316 g/mol. The van der Waals surface area contributed by atoms with E-state index in [1.54, 1.807) is 7.11 Å². The van der Waals surface area contributed by atoms with Crippen LogP contribution in [0, 0.1) is 5.92 Å². The van der Waals surface area contributed by atoms with Crippen molar-refractivity contribution in [2.45, 2.75) is 45.1 Å². The van der Waals surface area contributed by atoms with E-state index in [2.05, 4.69) is 27.0 Å². The van der Waals surface area contributed by atoms with Crippen LogP contribution in [0.1, 0.15) is 39.0 Å². The molecule has 2 aliphatic heterocycles. The molecule has 0 aromatic rings. The van der Waals surface area contributed by atoms with Gasteiger partial charge in [-0.1, -0.05) is 6.92 Å². The van der Waals surface area contributed by atoms with E-state index in [0.29, 0.717) is 6.10 Å². The molecule has 0 aromatic carbocycles. The highest BCUT2D eigenvalue weighted by atomic mass is 16.5. The molecule has 0 amide bonds. The molecule has 146 valence electrons. The number of hydrogen-bond acceptors (Lipinski definition) is 4. The number of methoxy groups -OCH3 is 1. The Hall–Kier alpha value is -0.850. The molecule has 0 bridgehead atoms. The summed E-state index contributed by atoms with van der Waals surface area (Å²) in [6.45, 7) is 10.6. The average Bonchev–Trinajstić information content (AvgIpc) is 2.63. The van der Waals surface area contributed by atoms with E-state index < -0.39 is 0 Å². The quantitative estimate of drug-likeness (QED) is 0.409. The number of rotatable bonds is 8. The molecule has 2 rings (SSSR count). The molecule has 2 saturated heterocycles. The third-order valence-electron chi connectivity index (χ3n) is 5.25. The normalized spacial score (nSPS) is 23.9. The van der Waals surface area contributed by atoms with Gasteiger partial charge in [0.05, 0.1) is 6.10 Å². The van der Waals surface area contributed by atoms with Crippen LogP contribution in [-0.2, 0) is 9.47 Å². The van der Waals surface area contributed by atoms with E-state index in [1.165, 1.54) is 25.9 Å². The number of nitrogens with zero attached hydrogens (tertiary/aromatic N) is 3. The van der Waals surface area contributed by atoms with Gasteiger partial charge in [-0.2, -0.15) is 0 Å². The highest BCUT2D eigenvalue weighted by Crippen LogP contribution is 2.15. The lowest BCUT2D eigenvalue weighted by Crippen LogP contribution is -2.49. The predicted octanol–water partition coefficient (Wildman–Crippen LogP) is 1.81. The van der Waals surface area contributed by atoms with Crippen LogP contribution < -0.4 is 5.32 Å². The summed E-state index contributed by atoms with van der Waals surface area (Å²) in [5.41, 5.74) is 0. The lowest BCUT2D eigenvalue weighted by molar-refractivity contribution is 0.00989. The lowest BCUT2D eigenvalue weighted by atomic mass is 10.0. The Bertz CT molecular complexity index is 384. The summed E-state index contributed by atoms with van der Waals surface area (Å²) in [5, 5.41) is 3.55. The highest BCUT2D eigenvalue weighted by Gasteiger charge is 2.22. The number of hydrogen-bond donors (Lipinski definition) is 1. The molecule has 2 aliphatic rings. The zero-order valence-corrected chi connectivity index (χ0v) is 16.5. The van der Waals surface area contributed by atoms with Crippen molar-refractivity contribution in [3.63, 3.8) is 0 Å². The standard InChI is InChI=1S/C19H38N4O2/c1-17-6-4-10-22(16-17)13-9-21-19(20-2)23-11-7-18(8-12-23)25-15-5-14-24-3/h17-18H,4-16H2,1-3H3,(H,20,21). The van der Waals surface area contributed by atoms with Gasteiger partial charge in [-0.25, -0.2) is 0 Å². The first-order chi connectivity index (χ1) is 12.2. The molecule has 1 unspecified atom stereocenters. The van der Waals surface area contributed by atoms with Gasteiger partial charge < -0.3 is 24.6 Å². The fourth-order valence-electron chi connectivity index (χ4n) is 3.84. The Morgan fingerprint density at radius 1 is 1.16 bits per heavy atom. The molecule has 2 fully saturated rings. The molecule has 1 N–H and O–H groups in total. The zero-order chi connectivity index (χ0) is 17.9. The molecule has 1 atom stereocenters. The van der Waals surface area contributed by atoms with Gasteiger partial charge in [0.1, 0.15) is 0 Å². The molecule has 0 saturated carbocycles. The van der Waals surface area contributed by atoms with Crippen LogP contribution in [-0.4, -0.2) is 88.5 Å². The van der Waals surface area contributed by atoms with E-state index in [1.807, 2.05) is 7.05 Å². The van der Waals surface area contributed by atoms with Crippen molar-refractivity contribution in [3.8, 4) is 0 Å². The summed E-state index contributed by atoms with van der Waals surface area (Å²) in [5.74, 6) is 1.89. The van der Waals surface area contributed by atoms with Gasteiger partial charge in [0.2, 0.25) is 0 Å². The number of aliphatic imine (C=N–C) groups is 1. The fraction of sp³-hybridized carbons (Fsp3) is 0.947. The van der Waals surface area contributed by atoms with Crippen molar-refractivity contribution >= 4 is 5.96 Å². The van der Waals surface area contributed by atoms with Gasteiger partial charge in [-0.05, 0) is 44.6 Å². The predicted molar refractivity (Wildman–Crippen MR) is 103 cm³/mol. The summed E-state index contributed by atoms with van der Waals surface area (Å²) in [7, 11) is 3.63. The van der Waals surface area contributed by atoms with Crippen molar-refractivity contribution in [2.24, 2.45) is 10.9 Å².